The minimum atomic E-state index is -1.04. The van der Waals surface area contributed by atoms with E-state index in [4.69, 9.17) is 9.84 Å². The van der Waals surface area contributed by atoms with Crippen LogP contribution in [0.25, 0.3) is 11.1 Å². The fourth-order valence-electron chi connectivity index (χ4n) is 4.27. The fraction of sp³-hybridized carbons (Fsp3) is 0.222. The highest BCUT2D eigenvalue weighted by Crippen LogP contribution is 2.44. The summed E-state index contributed by atoms with van der Waals surface area (Å²) in [6, 6.07) is 21.2. The lowest BCUT2D eigenvalue weighted by Gasteiger charge is -2.19. The molecule has 174 valence electrons. The molecule has 3 aromatic rings. The molecular weight excluding hydrogens is 432 g/mol. The molecule has 7 nitrogen and oxygen atoms in total. The van der Waals surface area contributed by atoms with Crippen LogP contribution in [0.5, 0.6) is 0 Å². The number of carbonyl (C=O) groups excluding carboxylic acids is 2. The summed E-state index contributed by atoms with van der Waals surface area (Å²) < 4.78 is 5.56. The molecule has 0 bridgehead atoms. The third-order valence-electron chi connectivity index (χ3n) is 5.93. The maximum absolute atomic E-state index is 12.7. The molecule has 0 aliphatic heterocycles. The smallest absolute Gasteiger partial charge is 0.407 e. The van der Waals surface area contributed by atoms with Crippen LogP contribution in [-0.4, -0.2) is 35.7 Å². The summed E-state index contributed by atoms with van der Waals surface area (Å²) in [5, 5.41) is 14.4. The standard InChI is InChI=1S/C27H26N2O5/c1-2-7-24(25(30)28-18-14-12-17(13-15-18)26(31)32)29-27(33)34-16-23-21-10-5-3-8-19(21)20-9-4-6-11-22(20)23/h3-6,8-15,23-24H,2,7,16H2,1H3,(H,28,30)(H,29,33)(H,31,32). The van der Waals surface area contributed by atoms with Gasteiger partial charge in [-0.05, 0) is 52.9 Å². The number of alkyl carbamates (subject to hydrolysis) is 1. The molecule has 4 rings (SSSR count). The normalized spacial score (nSPS) is 12.9. The van der Waals surface area contributed by atoms with Crippen LogP contribution >= 0.6 is 0 Å². The van der Waals surface area contributed by atoms with Crippen LogP contribution in [0.4, 0.5) is 10.5 Å². The molecule has 3 aromatic carbocycles. The first-order valence-electron chi connectivity index (χ1n) is 11.2. The summed E-state index contributed by atoms with van der Waals surface area (Å²) >= 11 is 0. The predicted molar refractivity (Wildman–Crippen MR) is 129 cm³/mol. The number of hydrogen-bond donors (Lipinski definition) is 3. The molecule has 3 N–H and O–H groups in total. The van der Waals surface area contributed by atoms with Gasteiger partial charge in [-0.15, -0.1) is 0 Å². The highest BCUT2D eigenvalue weighted by molar-refractivity contribution is 5.97. The zero-order valence-electron chi connectivity index (χ0n) is 18.8. The highest BCUT2D eigenvalue weighted by atomic mass is 16.5. The van der Waals surface area contributed by atoms with Gasteiger partial charge in [0.2, 0.25) is 5.91 Å². The molecular formula is C27H26N2O5. The Labute approximate surface area is 197 Å². The molecule has 1 aliphatic rings. The van der Waals surface area contributed by atoms with Crippen molar-refractivity contribution in [2.24, 2.45) is 0 Å². The lowest BCUT2D eigenvalue weighted by molar-refractivity contribution is -0.118. The number of anilines is 1. The number of aromatic carboxylic acids is 1. The van der Waals surface area contributed by atoms with Gasteiger partial charge in [-0.2, -0.15) is 0 Å². The van der Waals surface area contributed by atoms with Gasteiger partial charge in [0.15, 0.2) is 0 Å². The molecule has 2 amide bonds. The van der Waals surface area contributed by atoms with Crippen molar-refractivity contribution in [2.45, 2.75) is 31.7 Å². The predicted octanol–water partition coefficient (Wildman–Crippen LogP) is 5.03. The van der Waals surface area contributed by atoms with Crippen LogP contribution < -0.4 is 10.6 Å². The summed E-state index contributed by atoms with van der Waals surface area (Å²) in [5.74, 6) is -1.50. The first kappa shape index (κ1) is 23.0. The van der Waals surface area contributed by atoms with Gasteiger partial charge in [0, 0.05) is 11.6 Å². The van der Waals surface area contributed by atoms with E-state index in [0.29, 0.717) is 18.5 Å². The van der Waals surface area contributed by atoms with E-state index in [-0.39, 0.29) is 18.1 Å². The van der Waals surface area contributed by atoms with Crippen molar-refractivity contribution in [1.29, 1.82) is 0 Å². The van der Waals surface area contributed by atoms with Crippen molar-refractivity contribution in [3.8, 4) is 11.1 Å². The van der Waals surface area contributed by atoms with E-state index in [1.807, 2.05) is 43.3 Å². The second kappa shape index (κ2) is 10.2. The molecule has 7 heteroatoms. The van der Waals surface area contributed by atoms with Gasteiger partial charge >= 0.3 is 12.1 Å². The SMILES string of the molecule is CCCC(NC(=O)OCC1c2ccccc2-c2ccccc21)C(=O)Nc1ccc(C(=O)O)cc1. The van der Waals surface area contributed by atoms with Crippen molar-refractivity contribution in [1.82, 2.24) is 5.32 Å². The number of benzene rings is 3. The summed E-state index contributed by atoms with van der Waals surface area (Å²) in [7, 11) is 0. The average Bonchev–Trinajstić information content (AvgIpc) is 3.16. The van der Waals surface area contributed by atoms with E-state index < -0.39 is 24.0 Å². The fourth-order valence-corrected chi connectivity index (χ4v) is 4.27. The van der Waals surface area contributed by atoms with Crippen LogP contribution in [-0.2, 0) is 9.53 Å². The number of amides is 2. The minimum absolute atomic E-state index is 0.0654. The van der Waals surface area contributed by atoms with Crippen molar-refractivity contribution in [2.75, 3.05) is 11.9 Å². The summed E-state index contributed by atoms with van der Waals surface area (Å²) in [5.41, 5.74) is 5.09. The molecule has 0 radical (unpaired) electrons. The Kier molecular flexibility index (Phi) is 6.92. The van der Waals surface area contributed by atoms with E-state index in [0.717, 1.165) is 22.3 Å². The monoisotopic (exact) mass is 458 g/mol. The lowest BCUT2D eigenvalue weighted by Crippen LogP contribution is -2.44. The van der Waals surface area contributed by atoms with E-state index in [2.05, 4.69) is 22.8 Å². The summed E-state index contributed by atoms with van der Waals surface area (Å²) in [6.07, 6.45) is 0.458. The zero-order valence-corrected chi connectivity index (χ0v) is 18.8. The van der Waals surface area contributed by atoms with E-state index in [1.54, 1.807) is 0 Å². The van der Waals surface area contributed by atoms with Crippen LogP contribution in [0, 0.1) is 0 Å². The number of fused-ring (bicyclic) bond motifs is 3. The molecule has 1 unspecified atom stereocenters. The third kappa shape index (κ3) is 4.93. The van der Waals surface area contributed by atoms with Gasteiger partial charge in [0.25, 0.3) is 0 Å². The summed E-state index contributed by atoms with van der Waals surface area (Å²) in [6.45, 7) is 2.08. The highest BCUT2D eigenvalue weighted by Gasteiger charge is 2.29. The zero-order chi connectivity index (χ0) is 24.1. The third-order valence-corrected chi connectivity index (χ3v) is 5.93. The lowest BCUT2D eigenvalue weighted by atomic mass is 9.98. The molecule has 0 saturated carbocycles. The number of carboxylic acids is 1. The Morgan fingerprint density at radius 3 is 2.06 bits per heavy atom. The second-order valence-corrected chi connectivity index (χ2v) is 8.18. The van der Waals surface area contributed by atoms with E-state index in [9.17, 15) is 14.4 Å². The topological polar surface area (TPSA) is 105 Å². The Morgan fingerprint density at radius 2 is 1.50 bits per heavy atom. The molecule has 1 atom stereocenters. The van der Waals surface area contributed by atoms with Gasteiger partial charge < -0.3 is 20.5 Å². The molecule has 0 saturated heterocycles. The molecule has 0 aromatic heterocycles. The quantitative estimate of drug-likeness (QED) is 0.439. The summed E-state index contributed by atoms with van der Waals surface area (Å²) in [4.78, 5) is 36.3. The molecule has 34 heavy (non-hydrogen) atoms. The van der Waals surface area contributed by atoms with Gasteiger partial charge in [-0.1, -0.05) is 61.9 Å². The van der Waals surface area contributed by atoms with Gasteiger partial charge in [0.1, 0.15) is 12.6 Å². The Hall–Kier alpha value is -4.13. The van der Waals surface area contributed by atoms with Crippen molar-refractivity contribution in [3.05, 3.63) is 89.5 Å². The Morgan fingerprint density at radius 1 is 0.912 bits per heavy atom. The molecule has 0 heterocycles. The number of ether oxygens (including phenoxy) is 1. The maximum atomic E-state index is 12.7. The average molecular weight is 459 g/mol. The van der Waals surface area contributed by atoms with E-state index >= 15 is 0 Å². The largest absolute Gasteiger partial charge is 0.478 e. The van der Waals surface area contributed by atoms with Gasteiger partial charge in [-0.3, -0.25) is 4.79 Å². The van der Waals surface area contributed by atoms with Crippen molar-refractivity contribution >= 4 is 23.7 Å². The Bertz CT molecular complexity index is 1160. The first-order chi connectivity index (χ1) is 16.5. The number of carboxylic acid groups (broad SMARTS) is 1. The molecule has 1 aliphatic carbocycles. The second-order valence-electron chi connectivity index (χ2n) is 8.18. The van der Waals surface area contributed by atoms with Crippen LogP contribution in [0.3, 0.4) is 0 Å². The Balaban J connectivity index is 1.39. The van der Waals surface area contributed by atoms with Crippen LogP contribution in [0.1, 0.15) is 47.2 Å². The molecule has 0 fully saturated rings. The van der Waals surface area contributed by atoms with Crippen LogP contribution in [0.15, 0.2) is 72.8 Å². The van der Waals surface area contributed by atoms with Crippen LogP contribution in [0.2, 0.25) is 0 Å². The first-order valence-corrected chi connectivity index (χ1v) is 11.2. The maximum Gasteiger partial charge on any atom is 0.407 e. The van der Waals surface area contributed by atoms with Gasteiger partial charge in [-0.25, -0.2) is 9.59 Å². The molecule has 0 spiro atoms. The minimum Gasteiger partial charge on any atom is -0.478 e. The number of rotatable bonds is 8. The van der Waals surface area contributed by atoms with Gasteiger partial charge in [0.05, 0.1) is 5.56 Å². The van der Waals surface area contributed by atoms with Crippen molar-refractivity contribution < 1.29 is 24.2 Å². The number of hydrogen-bond acceptors (Lipinski definition) is 4. The van der Waals surface area contributed by atoms with Crippen molar-refractivity contribution in [3.63, 3.8) is 0 Å². The van der Waals surface area contributed by atoms with E-state index in [1.165, 1.54) is 24.3 Å². The number of nitrogens with one attached hydrogen (secondary N) is 2. The number of carbonyl (C=O) groups is 3.